The van der Waals surface area contributed by atoms with Gasteiger partial charge in [-0.25, -0.2) is 0 Å². The molecular weight excluding hydrogens is 256 g/mol. The Morgan fingerprint density at radius 2 is 2.05 bits per heavy atom. The molecule has 0 aliphatic rings. The summed E-state index contributed by atoms with van der Waals surface area (Å²) in [5.41, 5.74) is 6.50. The van der Waals surface area contributed by atoms with Crippen LogP contribution in [0.3, 0.4) is 0 Å². The molecule has 3 N–H and O–H groups in total. The van der Waals surface area contributed by atoms with E-state index in [4.69, 9.17) is 5.84 Å². The molecule has 1 heterocycles. The molecule has 1 aromatic carbocycles. The Labute approximate surface area is 118 Å². The molecule has 4 nitrogen and oxygen atoms in total. The van der Waals surface area contributed by atoms with Gasteiger partial charge in [0.1, 0.15) is 0 Å². The Hall–Kier alpha value is -1.30. The van der Waals surface area contributed by atoms with Gasteiger partial charge in [0.15, 0.2) is 0 Å². The van der Waals surface area contributed by atoms with Crippen molar-refractivity contribution in [1.82, 2.24) is 15.2 Å². The van der Waals surface area contributed by atoms with Gasteiger partial charge < -0.3 is 0 Å². The van der Waals surface area contributed by atoms with Crippen molar-refractivity contribution in [3.63, 3.8) is 0 Å². The SMILES string of the molecule is Cc1ccccc1SCC(NN)c1c(C)cnn1C. The van der Waals surface area contributed by atoms with Crippen molar-refractivity contribution >= 4 is 11.8 Å². The number of nitrogens with one attached hydrogen (secondary N) is 1. The smallest absolute Gasteiger partial charge is 0.0725 e. The van der Waals surface area contributed by atoms with E-state index in [2.05, 4.69) is 48.6 Å². The molecule has 0 saturated heterocycles. The number of nitrogens with two attached hydrogens (primary N) is 1. The van der Waals surface area contributed by atoms with Crippen LogP contribution in [0.25, 0.3) is 0 Å². The van der Waals surface area contributed by atoms with Gasteiger partial charge in [-0.3, -0.25) is 16.0 Å². The molecular formula is C14H20N4S. The van der Waals surface area contributed by atoms with Crippen LogP contribution in [-0.2, 0) is 7.05 Å². The normalized spacial score (nSPS) is 12.6. The van der Waals surface area contributed by atoms with Gasteiger partial charge in [0.05, 0.1) is 17.9 Å². The molecule has 0 bridgehead atoms. The van der Waals surface area contributed by atoms with E-state index >= 15 is 0 Å². The van der Waals surface area contributed by atoms with Gasteiger partial charge in [-0.2, -0.15) is 5.10 Å². The summed E-state index contributed by atoms with van der Waals surface area (Å²) in [6, 6.07) is 8.49. The summed E-state index contributed by atoms with van der Waals surface area (Å²) in [6.45, 7) is 4.19. The summed E-state index contributed by atoms with van der Waals surface area (Å²) in [4.78, 5) is 1.29. The summed E-state index contributed by atoms with van der Waals surface area (Å²) in [7, 11) is 1.95. The molecule has 1 unspecified atom stereocenters. The summed E-state index contributed by atoms with van der Waals surface area (Å²) in [6.07, 6.45) is 1.87. The molecule has 102 valence electrons. The van der Waals surface area contributed by atoms with E-state index in [0.29, 0.717) is 0 Å². The Kier molecular flexibility index (Phi) is 4.63. The number of hydrogen-bond acceptors (Lipinski definition) is 4. The summed E-state index contributed by atoms with van der Waals surface area (Å²) >= 11 is 1.81. The number of hydrazine groups is 1. The first-order valence-corrected chi connectivity index (χ1v) is 7.25. The number of benzene rings is 1. The third-order valence-corrected chi connectivity index (χ3v) is 4.48. The maximum Gasteiger partial charge on any atom is 0.0725 e. The van der Waals surface area contributed by atoms with Gasteiger partial charge in [-0.15, -0.1) is 11.8 Å². The first-order valence-electron chi connectivity index (χ1n) is 6.26. The Bertz CT molecular complexity index is 531. The van der Waals surface area contributed by atoms with E-state index in [1.54, 1.807) is 0 Å². The van der Waals surface area contributed by atoms with Gasteiger partial charge in [0, 0.05) is 17.7 Å². The molecule has 1 aromatic heterocycles. The molecule has 0 amide bonds. The van der Waals surface area contributed by atoms with Crippen LogP contribution < -0.4 is 11.3 Å². The van der Waals surface area contributed by atoms with Gasteiger partial charge in [-0.05, 0) is 31.0 Å². The van der Waals surface area contributed by atoms with Crippen molar-refractivity contribution in [3.05, 3.63) is 47.3 Å². The highest BCUT2D eigenvalue weighted by Crippen LogP contribution is 2.27. The number of aryl methyl sites for hydroxylation is 3. The minimum atomic E-state index is 0.0945. The zero-order chi connectivity index (χ0) is 13.8. The average Bonchev–Trinajstić information content (AvgIpc) is 2.73. The van der Waals surface area contributed by atoms with Gasteiger partial charge >= 0.3 is 0 Å². The number of aromatic nitrogens is 2. The second-order valence-electron chi connectivity index (χ2n) is 4.63. The Balaban J connectivity index is 2.11. The minimum Gasteiger partial charge on any atom is -0.271 e. The third-order valence-electron chi connectivity index (χ3n) is 3.21. The van der Waals surface area contributed by atoms with E-state index in [9.17, 15) is 0 Å². The quantitative estimate of drug-likeness (QED) is 0.500. The molecule has 0 aliphatic heterocycles. The highest BCUT2D eigenvalue weighted by molar-refractivity contribution is 7.99. The van der Waals surface area contributed by atoms with Crippen LogP contribution in [0.1, 0.15) is 22.9 Å². The first-order chi connectivity index (χ1) is 9.13. The molecule has 0 aliphatic carbocycles. The zero-order valence-corrected chi connectivity index (χ0v) is 12.4. The molecule has 2 aromatic rings. The van der Waals surface area contributed by atoms with E-state index in [1.165, 1.54) is 10.5 Å². The predicted octanol–water partition coefficient (Wildman–Crippen LogP) is 2.33. The van der Waals surface area contributed by atoms with Crippen LogP contribution in [0.4, 0.5) is 0 Å². The maximum atomic E-state index is 5.70. The van der Waals surface area contributed by atoms with Crippen LogP contribution in [0.2, 0.25) is 0 Å². The number of hydrogen-bond donors (Lipinski definition) is 2. The van der Waals surface area contributed by atoms with Crippen molar-refractivity contribution in [1.29, 1.82) is 0 Å². The fourth-order valence-corrected chi connectivity index (χ4v) is 3.23. The van der Waals surface area contributed by atoms with Crippen molar-refractivity contribution < 1.29 is 0 Å². The lowest BCUT2D eigenvalue weighted by Gasteiger charge is -2.17. The molecule has 0 spiro atoms. The summed E-state index contributed by atoms with van der Waals surface area (Å²) in [5, 5.41) is 4.27. The van der Waals surface area contributed by atoms with E-state index in [-0.39, 0.29) is 6.04 Å². The third kappa shape index (κ3) is 3.18. The second kappa shape index (κ2) is 6.23. The number of thioether (sulfide) groups is 1. The molecule has 2 rings (SSSR count). The van der Waals surface area contributed by atoms with Crippen LogP contribution in [0, 0.1) is 13.8 Å². The van der Waals surface area contributed by atoms with E-state index < -0.39 is 0 Å². The molecule has 19 heavy (non-hydrogen) atoms. The van der Waals surface area contributed by atoms with Gasteiger partial charge in [-0.1, -0.05) is 18.2 Å². The largest absolute Gasteiger partial charge is 0.271 e. The zero-order valence-electron chi connectivity index (χ0n) is 11.6. The van der Waals surface area contributed by atoms with Crippen LogP contribution >= 0.6 is 11.8 Å². The standard InChI is InChI=1S/C14H20N4S/c1-10-6-4-5-7-13(10)19-9-12(17-15)14-11(2)8-16-18(14)3/h4-8,12,17H,9,15H2,1-3H3. The first kappa shape index (κ1) is 14.1. The second-order valence-corrected chi connectivity index (χ2v) is 5.69. The molecule has 1 atom stereocenters. The lowest BCUT2D eigenvalue weighted by atomic mass is 10.2. The molecule has 5 heteroatoms. The average molecular weight is 276 g/mol. The Morgan fingerprint density at radius 1 is 1.32 bits per heavy atom. The summed E-state index contributed by atoms with van der Waals surface area (Å²) < 4.78 is 1.89. The van der Waals surface area contributed by atoms with Crippen LogP contribution in [-0.4, -0.2) is 15.5 Å². The van der Waals surface area contributed by atoms with Gasteiger partial charge in [0.2, 0.25) is 0 Å². The van der Waals surface area contributed by atoms with Crippen molar-refractivity contribution in [2.45, 2.75) is 24.8 Å². The fourth-order valence-electron chi connectivity index (χ4n) is 2.15. The molecule has 0 fully saturated rings. The molecule has 0 radical (unpaired) electrons. The van der Waals surface area contributed by atoms with Gasteiger partial charge in [0.25, 0.3) is 0 Å². The predicted molar refractivity (Wildman–Crippen MR) is 79.9 cm³/mol. The van der Waals surface area contributed by atoms with Crippen LogP contribution in [0.5, 0.6) is 0 Å². The van der Waals surface area contributed by atoms with E-state index in [1.807, 2.05) is 29.7 Å². The number of nitrogens with zero attached hydrogens (tertiary/aromatic N) is 2. The summed E-state index contributed by atoms with van der Waals surface area (Å²) in [5.74, 6) is 6.58. The van der Waals surface area contributed by atoms with Crippen LogP contribution in [0.15, 0.2) is 35.4 Å². The van der Waals surface area contributed by atoms with Crippen molar-refractivity contribution in [2.24, 2.45) is 12.9 Å². The highest BCUT2D eigenvalue weighted by Gasteiger charge is 2.17. The highest BCUT2D eigenvalue weighted by atomic mass is 32.2. The minimum absolute atomic E-state index is 0.0945. The number of rotatable bonds is 5. The topological polar surface area (TPSA) is 55.9 Å². The fraction of sp³-hybridized carbons (Fsp3) is 0.357. The van der Waals surface area contributed by atoms with E-state index in [0.717, 1.165) is 17.0 Å². The Morgan fingerprint density at radius 3 is 2.63 bits per heavy atom. The van der Waals surface area contributed by atoms with Crippen molar-refractivity contribution in [2.75, 3.05) is 5.75 Å². The molecule has 0 saturated carbocycles. The van der Waals surface area contributed by atoms with Crippen molar-refractivity contribution in [3.8, 4) is 0 Å². The monoisotopic (exact) mass is 276 g/mol. The maximum absolute atomic E-state index is 5.70. The lowest BCUT2D eigenvalue weighted by molar-refractivity contribution is 0.552. The lowest BCUT2D eigenvalue weighted by Crippen LogP contribution is -2.31.